The summed E-state index contributed by atoms with van der Waals surface area (Å²) in [7, 11) is 1.46. The number of piperazine rings is 1. The van der Waals surface area contributed by atoms with Crippen molar-refractivity contribution in [2.45, 2.75) is 68.2 Å². The molecule has 0 radical (unpaired) electrons. The Bertz CT molecular complexity index is 1430. The number of benzene rings is 1. The number of carbonyl (C=O) groups is 1. The van der Waals surface area contributed by atoms with E-state index in [4.69, 9.17) is 4.74 Å². The first-order chi connectivity index (χ1) is 18.7. The highest BCUT2D eigenvalue weighted by Gasteiger charge is 2.42. The van der Waals surface area contributed by atoms with Crippen molar-refractivity contribution in [2.24, 2.45) is 0 Å². The van der Waals surface area contributed by atoms with Crippen LogP contribution in [0.25, 0.3) is 16.5 Å². The van der Waals surface area contributed by atoms with Crippen LogP contribution < -0.4 is 10.6 Å². The van der Waals surface area contributed by atoms with Crippen LogP contribution in [-0.4, -0.2) is 76.2 Å². The molecule has 1 fully saturated rings. The molecule has 218 valence electrons. The number of halogens is 5. The van der Waals surface area contributed by atoms with Crippen molar-refractivity contribution in [1.82, 2.24) is 14.5 Å². The largest absolute Gasteiger partial charge is 0.465 e. The van der Waals surface area contributed by atoms with Crippen LogP contribution in [0.1, 0.15) is 50.3 Å². The van der Waals surface area contributed by atoms with Gasteiger partial charge in [-0.15, -0.1) is 11.8 Å². The third kappa shape index (κ3) is 4.93. The Balaban J connectivity index is 1.80. The Morgan fingerprint density at radius 2 is 1.93 bits per heavy atom. The van der Waals surface area contributed by atoms with Gasteiger partial charge in [0.05, 0.1) is 35.8 Å². The van der Waals surface area contributed by atoms with E-state index in [2.05, 4.69) is 4.98 Å². The summed E-state index contributed by atoms with van der Waals surface area (Å²) in [6, 6.07) is -0.567. The van der Waals surface area contributed by atoms with Crippen LogP contribution in [0.15, 0.2) is 21.8 Å². The van der Waals surface area contributed by atoms with Gasteiger partial charge in [-0.05, 0) is 31.9 Å². The molecule has 8 nitrogen and oxygen atoms in total. The zero-order valence-corrected chi connectivity index (χ0v) is 22.9. The quantitative estimate of drug-likeness (QED) is 0.473. The molecular weight excluding hydrogens is 559 g/mol. The number of carboxylic acid groups (broad SMARTS) is 1. The second-order valence-electron chi connectivity index (χ2n) is 10.6. The molecule has 0 bridgehead atoms. The number of anilines is 1. The molecule has 1 aliphatic carbocycles. The van der Waals surface area contributed by atoms with Gasteiger partial charge in [0.2, 0.25) is 0 Å². The van der Waals surface area contributed by atoms with Crippen molar-refractivity contribution in [2.75, 3.05) is 37.5 Å². The van der Waals surface area contributed by atoms with Gasteiger partial charge in [-0.3, -0.25) is 9.47 Å². The van der Waals surface area contributed by atoms with Gasteiger partial charge >= 0.3 is 18.0 Å². The summed E-state index contributed by atoms with van der Waals surface area (Å²) in [6.07, 6.45) is -6.21. The van der Waals surface area contributed by atoms with Gasteiger partial charge < -0.3 is 14.7 Å². The topological polar surface area (TPSA) is 87.9 Å². The number of aromatic nitrogens is 2. The highest BCUT2D eigenvalue weighted by atomic mass is 32.2. The van der Waals surface area contributed by atoms with Crippen molar-refractivity contribution in [3.8, 4) is 0 Å². The number of methoxy groups -OCH3 is 1. The van der Waals surface area contributed by atoms with E-state index in [0.29, 0.717) is 0 Å². The second-order valence-corrected chi connectivity index (χ2v) is 11.6. The fourth-order valence-electron chi connectivity index (χ4n) is 6.08. The molecule has 3 atom stereocenters. The Hall–Kier alpha value is -2.87. The summed E-state index contributed by atoms with van der Waals surface area (Å²) < 4.78 is 78.5. The minimum Gasteiger partial charge on any atom is -0.465 e. The van der Waals surface area contributed by atoms with Crippen LogP contribution in [0.3, 0.4) is 0 Å². The monoisotopic (exact) mass is 588 g/mol. The molecule has 40 heavy (non-hydrogen) atoms. The molecule has 1 amide bonds. The lowest BCUT2D eigenvalue weighted by molar-refractivity contribution is -0.137. The Morgan fingerprint density at radius 3 is 2.48 bits per heavy atom. The van der Waals surface area contributed by atoms with E-state index in [9.17, 15) is 36.6 Å². The molecule has 5 rings (SSSR count). The van der Waals surface area contributed by atoms with Crippen LogP contribution >= 0.6 is 11.8 Å². The van der Waals surface area contributed by atoms with Gasteiger partial charge in [-0.1, -0.05) is 6.08 Å². The molecule has 3 heterocycles. The first-order valence-electron chi connectivity index (χ1n) is 12.9. The molecule has 1 N–H and O–H groups in total. The van der Waals surface area contributed by atoms with Gasteiger partial charge in [0.25, 0.3) is 5.92 Å². The number of hydrogen-bond donors (Lipinski definition) is 1. The lowest BCUT2D eigenvalue weighted by atomic mass is 9.87. The van der Waals surface area contributed by atoms with Crippen molar-refractivity contribution in [3.05, 3.63) is 33.8 Å². The summed E-state index contributed by atoms with van der Waals surface area (Å²) in [5, 5.41) is 9.70. The molecule has 14 heteroatoms. The van der Waals surface area contributed by atoms with Gasteiger partial charge in [-0.25, -0.2) is 18.4 Å². The van der Waals surface area contributed by atoms with Crippen molar-refractivity contribution < 1.29 is 36.6 Å². The summed E-state index contributed by atoms with van der Waals surface area (Å²) in [5.74, 6) is -2.71. The van der Waals surface area contributed by atoms with Crippen LogP contribution in [0, 0.1) is 0 Å². The predicted molar refractivity (Wildman–Crippen MR) is 140 cm³/mol. The smallest absolute Gasteiger partial charge is 0.417 e. The number of thioether (sulfide) groups is 1. The fraction of sp³-hybridized carbons (Fsp3) is 0.577. The Labute approximate surface area is 230 Å². The van der Waals surface area contributed by atoms with Crippen molar-refractivity contribution in [3.63, 3.8) is 0 Å². The molecule has 0 saturated carbocycles. The van der Waals surface area contributed by atoms with Crippen molar-refractivity contribution in [1.29, 1.82) is 0 Å². The van der Waals surface area contributed by atoms with E-state index in [-0.39, 0.29) is 64.6 Å². The molecule has 1 aromatic heterocycles. The third-order valence-electron chi connectivity index (χ3n) is 7.76. The predicted octanol–water partition coefficient (Wildman–Crippen LogP) is 5.49. The van der Waals surface area contributed by atoms with E-state index < -0.39 is 60.4 Å². The number of amides is 1. The number of allylic oxidation sites excluding steroid dienone is 2. The highest BCUT2D eigenvalue weighted by molar-refractivity contribution is 7.99. The molecule has 1 aromatic carbocycles. The fourth-order valence-corrected chi connectivity index (χ4v) is 7.42. The summed E-state index contributed by atoms with van der Waals surface area (Å²) in [4.78, 5) is 32.6. The number of rotatable bonds is 4. The van der Waals surface area contributed by atoms with Crippen LogP contribution in [0.4, 0.5) is 32.6 Å². The van der Waals surface area contributed by atoms with E-state index in [0.717, 1.165) is 17.8 Å². The molecule has 2 aliphatic heterocycles. The van der Waals surface area contributed by atoms with E-state index in [1.165, 1.54) is 22.7 Å². The minimum atomic E-state index is -4.81. The average molecular weight is 589 g/mol. The van der Waals surface area contributed by atoms with Crippen LogP contribution in [-0.2, 0) is 10.9 Å². The van der Waals surface area contributed by atoms with Gasteiger partial charge in [0, 0.05) is 54.6 Å². The second kappa shape index (κ2) is 10.2. The first-order valence-corrected chi connectivity index (χ1v) is 13.9. The Kier molecular flexibility index (Phi) is 7.30. The van der Waals surface area contributed by atoms with Gasteiger partial charge in [0.15, 0.2) is 0 Å². The standard InChI is InChI=1S/C26H29F5N4O4S/c1-13-9-33(10-14(2)34(13)24(37)38)22-17-8-18(26(29,30)31)19(15-4-6-25(27,28)7-5-15)21-20(17)35(23(36)32-22)16(11-39-3)12-40-21/h4,8,13-14,16H,5-7,9-12H2,1-3H3,(H,37,38)/t13-,14+,16-/m0/s1. The molecule has 0 spiro atoms. The van der Waals surface area contributed by atoms with Crippen LogP contribution in [0.2, 0.25) is 0 Å². The maximum atomic E-state index is 14.7. The number of alkyl halides is 5. The zero-order valence-electron chi connectivity index (χ0n) is 22.1. The lowest BCUT2D eigenvalue weighted by Gasteiger charge is -2.43. The summed E-state index contributed by atoms with van der Waals surface area (Å²) >= 11 is 1.15. The Morgan fingerprint density at radius 1 is 1.25 bits per heavy atom. The summed E-state index contributed by atoms with van der Waals surface area (Å²) in [6.45, 7) is 3.73. The molecule has 3 aliphatic rings. The number of hydrogen-bond acceptors (Lipinski definition) is 6. The SMILES string of the molecule is COC[C@H]1CSc2c(C3=CCC(F)(F)CC3)c(C(F)(F)F)cc3c(N4C[C@@H](C)N(C(=O)O)[C@@H](C)C4)nc(=O)n1c23. The normalized spacial score (nSPS) is 24.8. The van der Waals surface area contributed by atoms with Crippen LogP contribution in [0.5, 0.6) is 0 Å². The minimum absolute atomic E-state index is 0.0427. The highest BCUT2D eigenvalue weighted by Crippen LogP contribution is 2.50. The molecular formula is C26H29F5N4O4S. The summed E-state index contributed by atoms with van der Waals surface area (Å²) in [5.41, 5.74) is -1.36. The lowest BCUT2D eigenvalue weighted by Crippen LogP contribution is -2.58. The van der Waals surface area contributed by atoms with E-state index in [1.54, 1.807) is 18.7 Å². The maximum Gasteiger partial charge on any atom is 0.417 e. The van der Waals surface area contributed by atoms with Gasteiger partial charge in [-0.2, -0.15) is 18.2 Å². The number of ether oxygens (including phenoxy) is 1. The van der Waals surface area contributed by atoms with E-state index in [1.807, 2.05) is 0 Å². The average Bonchev–Trinajstić information content (AvgIpc) is 2.85. The van der Waals surface area contributed by atoms with Crippen molar-refractivity contribution >= 4 is 40.1 Å². The maximum absolute atomic E-state index is 14.7. The van der Waals surface area contributed by atoms with E-state index >= 15 is 0 Å². The molecule has 2 aromatic rings. The first kappa shape index (κ1) is 28.7. The molecule has 1 saturated heterocycles. The molecule has 0 unspecified atom stereocenters. The third-order valence-corrected chi connectivity index (χ3v) is 9.00. The van der Waals surface area contributed by atoms with Gasteiger partial charge in [0.1, 0.15) is 5.82 Å². The zero-order chi connectivity index (χ0) is 29.1. The number of nitrogens with zero attached hydrogens (tertiary/aromatic N) is 4.